The van der Waals surface area contributed by atoms with Crippen LogP contribution in [0.2, 0.25) is 0 Å². The molecule has 21 heavy (non-hydrogen) atoms. The van der Waals surface area contributed by atoms with E-state index in [0.29, 0.717) is 19.8 Å². The Balaban J connectivity index is 2.15. The van der Waals surface area contributed by atoms with Crippen LogP contribution in [0.25, 0.3) is 0 Å². The summed E-state index contributed by atoms with van der Waals surface area (Å²) in [5.41, 5.74) is 1.92. The molecule has 3 rings (SSSR count). The van der Waals surface area contributed by atoms with E-state index in [1.165, 1.54) is 23.9 Å². The van der Waals surface area contributed by atoms with E-state index >= 15 is 0 Å². The Labute approximate surface area is 120 Å². The lowest BCUT2D eigenvalue weighted by Crippen LogP contribution is -2.67. The van der Waals surface area contributed by atoms with Crippen molar-refractivity contribution in [3.63, 3.8) is 0 Å². The summed E-state index contributed by atoms with van der Waals surface area (Å²) in [6.07, 6.45) is 1.44. The predicted molar refractivity (Wildman–Crippen MR) is 71.6 cm³/mol. The lowest BCUT2D eigenvalue weighted by molar-refractivity contribution is -0.132. The van der Waals surface area contributed by atoms with Gasteiger partial charge in [-0.3, -0.25) is 24.5 Å². The van der Waals surface area contributed by atoms with Gasteiger partial charge in [-0.2, -0.15) is 0 Å². The first kappa shape index (κ1) is 13.6. The van der Waals surface area contributed by atoms with E-state index in [-0.39, 0.29) is 17.4 Å². The van der Waals surface area contributed by atoms with Crippen LogP contribution in [0.5, 0.6) is 5.75 Å². The van der Waals surface area contributed by atoms with Gasteiger partial charge in [0.2, 0.25) is 11.2 Å². The van der Waals surface area contributed by atoms with E-state index in [4.69, 9.17) is 9.47 Å². The first-order valence-corrected chi connectivity index (χ1v) is 6.54. The molecule has 0 bridgehead atoms. The van der Waals surface area contributed by atoms with Gasteiger partial charge < -0.3 is 14.4 Å². The quantitative estimate of drug-likeness (QED) is 0.703. The van der Waals surface area contributed by atoms with Crippen LogP contribution in [-0.2, 0) is 9.53 Å². The van der Waals surface area contributed by atoms with Crippen molar-refractivity contribution in [1.82, 2.24) is 9.58 Å². The second-order valence-electron chi connectivity index (χ2n) is 5.22. The van der Waals surface area contributed by atoms with Gasteiger partial charge in [-0.05, 0) is 6.92 Å². The first-order valence-electron chi connectivity index (χ1n) is 6.54. The van der Waals surface area contributed by atoms with E-state index < -0.39 is 17.1 Å². The molecule has 112 valence electrons. The van der Waals surface area contributed by atoms with Crippen LogP contribution in [0.4, 0.5) is 0 Å². The number of morpholine rings is 1. The lowest BCUT2D eigenvalue weighted by atomic mass is 10.1. The number of aromatic nitrogens is 1. The molecule has 0 saturated carbocycles. The molecule has 2 aliphatic heterocycles. The Bertz CT molecular complexity index is 683. The molecule has 1 aromatic heterocycles. The summed E-state index contributed by atoms with van der Waals surface area (Å²) in [7, 11) is 0. The summed E-state index contributed by atoms with van der Waals surface area (Å²) >= 11 is 0. The molecule has 0 aromatic carbocycles. The number of ether oxygens (including phenoxy) is 2. The average molecular weight is 293 g/mol. The molecule has 1 amide bonds. The number of nitrogens with one attached hydrogen (secondary N) is 1. The highest BCUT2D eigenvalue weighted by molar-refractivity contribution is 5.97. The number of pyridine rings is 1. The van der Waals surface area contributed by atoms with Gasteiger partial charge in [0.25, 0.3) is 5.91 Å². The standard InChI is InChI=1S/C13H15N3O5/c1-8(17)21-11-9(18)3-4-16-10(11)12(19)15-5-6-20-7-13(15,2)14-16/h3-4,14H,5-7H2,1-2H3. The fraction of sp³-hybridized carbons (Fsp3) is 0.462. The Kier molecular flexibility index (Phi) is 2.98. The molecule has 1 aromatic rings. The summed E-state index contributed by atoms with van der Waals surface area (Å²) in [5, 5.41) is 0. The van der Waals surface area contributed by atoms with Crippen LogP contribution < -0.4 is 15.6 Å². The first-order chi connectivity index (χ1) is 9.92. The third-order valence-electron chi connectivity index (χ3n) is 3.55. The van der Waals surface area contributed by atoms with Crippen molar-refractivity contribution >= 4 is 11.9 Å². The van der Waals surface area contributed by atoms with E-state index in [1.807, 2.05) is 6.92 Å². The summed E-state index contributed by atoms with van der Waals surface area (Å²) in [6, 6.07) is 1.24. The molecule has 8 heteroatoms. The monoisotopic (exact) mass is 293 g/mol. The van der Waals surface area contributed by atoms with E-state index in [2.05, 4.69) is 5.43 Å². The molecule has 1 N–H and O–H groups in total. The highest BCUT2D eigenvalue weighted by Gasteiger charge is 2.45. The molecule has 0 aliphatic carbocycles. The summed E-state index contributed by atoms with van der Waals surface area (Å²) in [4.78, 5) is 37.3. The molecule has 0 radical (unpaired) electrons. The van der Waals surface area contributed by atoms with Gasteiger partial charge in [0.1, 0.15) is 5.66 Å². The number of hydrogen-bond donors (Lipinski definition) is 1. The van der Waals surface area contributed by atoms with Crippen LogP contribution >= 0.6 is 0 Å². The van der Waals surface area contributed by atoms with Crippen LogP contribution in [0.15, 0.2) is 17.1 Å². The van der Waals surface area contributed by atoms with Crippen molar-refractivity contribution in [3.8, 4) is 5.75 Å². The van der Waals surface area contributed by atoms with Crippen molar-refractivity contribution in [2.24, 2.45) is 0 Å². The maximum atomic E-state index is 12.7. The third kappa shape index (κ3) is 2.07. The molecule has 1 fully saturated rings. The molecule has 2 aliphatic rings. The molecule has 3 heterocycles. The van der Waals surface area contributed by atoms with Gasteiger partial charge in [-0.25, -0.2) is 0 Å². The number of rotatable bonds is 1. The fourth-order valence-corrected chi connectivity index (χ4v) is 2.61. The lowest BCUT2D eigenvalue weighted by Gasteiger charge is -2.49. The summed E-state index contributed by atoms with van der Waals surface area (Å²) < 4.78 is 11.8. The maximum Gasteiger partial charge on any atom is 0.308 e. The Morgan fingerprint density at radius 3 is 2.95 bits per heavy atom. The SMILES string of the molecule is CC(=O)Oc1c2n(ccc1=O)NC1(C)COCCN1C2=O. The number of nitrogens with zero attached hydrogens (tertiary/aromatic N) is 2. The zero-order valence-corrected chi connectivity index (χ0v) is 11.7. The molecular formula is C13H15N3O5. The molecule has 1 atom stereocenters. The van der Waals surface area contributed by atoms with Crippen LogP contribution in [0.3, 0.4) is 0 Å². The van der Waals surface area contributed by atoms with Crippen molar-refractivity contribution in [3.05, 3.63) is 28.2 Å². The topological polar surface area (TPSA) is 89.9 Å². The van der Waals surface area contributed by atoms with Crippen molar-refractivity contribution in [2.75, 3.05) is 25.2 Å². The molecule has 0 spiro atoms. The van der Waals surface area contributed by atoms with Crippen molar-refractivity contribution < 1.29 is 19.1 Å². The fourth-order valence-electron chi connectivity index (χ4n) is 2.61. The van der Waals surface area contributed by atoms with Gasteiger partial charge >= 0.3 is 5.97 Å². The molecule has 1 unspecified atom stereocenters. The third-order valence-corrected chi connectivity index (χ3v) is 3.55. The highest BCUT2D eigenvalue weighted by atomic mass is 16.5. The number of esters is 1. The minimum atomic E-state index is -0.703. The molecular weight excluding hydrogens is 278 g/mol. The zero-order valence-electron chi connectivity index (χ0n) is 11.7. The second-order valence-corrected chi connectivity index (χ2v) is 5.22. The van der Waals surface area contributed by atoms with Gasteiger partial charge in [-0.1, -0.05) is 0 Å². The van der Waals surface area contributed by atoms with Crippen molar-refractivity contribution in [2.45, 2.75) is 19.5 Å². The summed E-state index contributed by atoms with van der Waals surface area (Å²) in [6.45, 7) is 4.15. The van der Waals surface area contributed by atoms with Gasteiger partial charge in [0.15, 0.2) is 5.69 Å². The highest BCUT2D eigenvalue weighted by Crippen LogP contribution is 2.28. The maximum absolute atomic E-state index is 12.7. The predicted octanol–water partition coefficient (Wildman–Crippen LogP) is -0.481. The van der Waals surface area contributed by atoms with E-state index in [1.54, 1.807) is 4.90 Å². The summed E-state index contributed by atoms with van der Waals surface area (Å²) in [5.74, 6) is -1.27. The second kappa shape index (κ2) is 4.59. The van der Waals surface area contributed by atoms with Crippen LogP contribution in [0.1, 0.15) is 24.3 Å². The minimum absolute atomic E-state index is 0.0251. The van der Waals surface area contributed by atoms with Crippen molar-refractivity contribution in [1.29, 1.82) is 0 Å². The van der Waals surface area contributed by atoms with Gasteiger partial charge in [-0.15, -0.1) is 0 Å². The van der Waals surface area contributed by atoms with Gasteiger partial charge in [0, 0.05) is 25.7 Å². The Morgan fingerprint density at radius 2 is 2.24 bits per heavy atom. The van der Waals surface area contributed by atoms with Gasteiger partial charge in [0.05, 0.1) is 13.2 Å². The van der Waals surface area contributed by atoms with Crippen LogP contribution in [-0.4, -0.2) is 46.9 Å². The van der Waals surface area contributed by atoms with E-state index in [0.717, 1.165) is 0 Å². The smallest absolute Gasteiger partial charge is 0.308 e. The molecule has 1 saturated heterocycles. The minimum Gasteiger partial charge on any atom is -0.420 e. The number of fused-ring (bicyclic) bond motifs is 2. The Morgan fingerprint density at radius 1 is 1.48 bits per heavy atom. The zero-order chi connectivity index (χ0) is 15.2. The van der Waals surface area contributed by atoms with Crippen LogP contribution in [0, 0.1) is 0 Å². The largest absolute Gasteiger partial charge is 0.420 e. The number of hydrogen-bond acceptors (Lipinski definition) is 6. The molecule has 8 nitrogen and oxygen atoms in total. The Hall–Kier alpha value is -2.35. The number of carbonyl (C=O) groups excluding carboxylic acids is 2. The normalized spacial score (nSPS) is 23.9. The number of amides is 1. The number of carbonyl (C=O) groups is 2. The van der Waals surface area contributed by atoms with E-state index in [9.17, 15) is 14.4 Å². The average Bonchev–Trinajstić information content (AvgIpc) is 2.41.